The Morgan fingerprint density at radius 1 is 1.29 bits per heavy atom. The Bertz CT molecular complexity index is 744. The number of nitrogens with zero attached hydrogens (tertiary/aromatic N) is 2. The number of aromatic nitrogens is 2. The van der Waals surface area contributed by atoms with Crippen LogP contribution >= 0.6 is 22.9 Å². The Balaban J connectivity index is 2.09. The van der Waals surface area contributed by atoms with Gasteiger partial charge in [-0.25, -0.2) is 4.98 Å². The zero-order valence-corrected chi connectivity index (χ0v) is 14.1. The van der Waals surface area contributed by atoms with Crippen LogP contribution in [0.2, 0.25) is 0 Å². The van der Waals surface area contributed by atoms with E-state index < -0.39 is 0 Å². The van der Waals surface area contributed by atoms with Crippen molar-refractivity contribution in [2.45, 2.75) is 38.6 Å². The minimum Gasteiger partial charge on any atom is -0.324 e. The Hall–Kier alpha value is -1.32. The van der Waals surface area contributed by atoms with Gasteiger partial charge in [-0.15, -0.1) is 11.6 Å². The molecule has 0 aliphatic carbocycles. The molecule has 0 radical (unpaired) electrons. The van der Waals surface area contributed by atoms with Crippen molar-refractivity contribution in [2.75, 3.05) is 0 Å². The Morgan fingerprint density at radius 2 is 2.10 bits per heavy atom. The number of benzene rings is 1. The summed E-state index contributed by atoms with van der Waals surface area (Å²) in [6.07, 6.45) is 1.000. The molecule has 0 N–H and O–H groups in total. The number of fused-ring (bicyclic) bond motifs is 1. The van der Waals surface area contributed by atoms with Crippen LogP contribution < -0.4 is 0 Å². The molecule has 0 spiro atoms. The predicted molar refractivity (Wildman–Crippen MR) is 91.5 cm³/mol. The van der Waals surface area contributed by atoms with Crippen LogP contribution in [0.4, 0.5) is 0 Å². The van der Waals surface area contributed by atoms with Crippen molar-refractivity contribution in [3.8, 4) is 0 Å². The largest absolute Gasteiger partial charge is 0.324 e. The summed E-state index contributed by atoms with van der Waals surface area (Å²) < 4.78 is 2.30. The van der Waals surface area contributed by atoms with Gasteiger partial charge >= 0.3 is 0 Å². The van der Waals surface area contributed by atoms with E-state index in [1.54, 1.807) is 11.3 Å². The van der Waals surface area contributed by atoms with Crippen LogP contribution in [0.1, 0.15) is 42.2 Å². The summed E-state index contributed by atoms with van der Waals surface area (Å²) in [6.45, 7) is 6.34. The Kier molecular flexibility index (Phi) is 4.05. The number of alkyl halides is 1. The molecule has 21 heavy (non-hydrogen) atoms. The molecular weight excluding hydrogens is 300 g/mol. The monoisotopic (exact) mass is 318 g/mol. The van der Waals surface area contributed by atoms with Gasteiger partial charge in [-0.2, -0.15) is 11.3 Å². The molecule has 0 aliphatic rings. The van der Waals surface area contributed by atoms with Crippen molar-refractivity contribution in [3.05, 3.63) is 52.0 Å². The molecule has 0 amide bonds. The normalized spacial score (nSPS) is 14.5. The highest BCUT2D eigenvalue weighted by Gasteiger charge is 2.19. The fourth-order valence-electron chi connectivity index (χ4n) is 2.81. The van der Waals surface area contributed by atoms with E-state index in [1.807, 2.05) is 6.92 Å². The van der Waals surface area contributed by atoms with Crippen molar-refractivity contribution in [1.82, 2.24) is 9.55 Å². The summed E-state index contributed by atoms with van der Waals surface area (Å²) in [5.41, 5.74) is 4.83. The zero-order valence-electron chi connectivity index (χ0n) is 12.5. The molecule has 0 aliphatic heterocycles. The van der Waals surface area contributed by atoms with Gasteiger partial charge in [0.25, 0.3) is 0 Å². The van der Waals surface area contributed by atoms with E-state index in [0.29, 0.717) is 6.04 Å². The number of rotatable bonds is 4. The van der Waals surface area contributed by atoms with Gasteiger partial charge in [0.15, 0.2) is 0 Å². The predicted octanol–water partition coefficient (Wildman–Crippen LogP) is 5.51. The van der Waals surface area contributed by atoms with Crippen molar-refractivity contribution < 1.29 is 0 Å². The highest BCUT2D eigenvalue weighted by atomic mass is 35.5. The van der Waals surface area contributed by atoms with Gasteiger partial charge in [0.2, 0.25) is 0 Å². The maximum absolute atomic E-state index is 6.36. The average molecular weight is 319 g/mol. The van der Waals surface area contributed by atoms with Gasteiger partial charge in [-0.3, -0.25) is 0 Å². The molecule has 1 aromatic carbocycles. The van der Waals surface area contributed by atoms with Crippen LogP contribution in [-0.4, -0.2) is 9.55 Å². The highest BCUT2D eigenvalue weighted by molar-refractivity contribution is 7.07. The number of aryl methyl sites for hydroxylation is 1. The summed E-state index contributed by atoms with van der Waals surface area (Å²) in [7, 11) is 0. The van der Waals surface area contributed by atoms with Crippen LogP contribution in [0.3, 0.4) is 0 Å². The van der Waals surface area contributed by atoms with Crippen molar-refractivity contribution in [3.63, 3.8) is 0 Å². The summed E-state index contributed by atoms with van der Waals surface area (Å²) in [5.74, 6) is 0.958. The molecule has 3 aromatic rings. The van der Waals surface area contributed by atoms with Crippen molar-refractivity contribution in [2.24, 2.45) is 0 Å². The highest BCUT2D eigenvalue weighted by Crippen LogP contribution is 2.30. The standard InChI is InChI=1S/C17H19ClN2S/c1-11-4-5-15-16(8-11)20(17(19-15)13(3)18)12(2)9-14-6-7-21-10-14/h4-8,10,12-13H,9H2,1-3H3. The SMILES string of the molecule is Cc1ccc2nc(C(C)Cl)n(C(C)Cc3ccsc3)c2c1. The van der Waals surface area contributed by atoms with Gasteiger partial charge in [0.1, 0.15) is 5.82 Å². The Morgan fingerprint density at radius 3 is 2.76 bits per heavy atom. The second kappa shape index (κ2) is 5.82. The van der Waals surface area contributed by atoms with E-state index in [-0.39, 0.29) is 5.38 Å². The lowest BCUT2D eigenvalue weighted by Gasteiger charge is -2.18. The molecule has 0 saturated carbocycles. The van der Waals surface area contributed by atoms with E-state index in [0.717, 1.165) is 17.8 Å². The second-order valence-electron chi connectivity index (χ2n) is 5.63. The third kappa shape index (κ3) is 2.85. The number of imidazole rings is 1. The first-order valence-electron chi connectivity index (χ1n) is 7.20. The third-order valence-electron chi connectivity index (χ3n) is 3.78. The van der Waals surface area contributed by atoms with Gasteiger partial charge in [-0.05, 0) is 67.3 Å². The first kappa shape index (κ1) is 14.6. The topological polar surface area (TPSA) is 17.8 Å². The molecule has 2 aromatic heterocycles. The van der Waals surface area contributed by atoms with E-state index in [1.165, 1.54) is 16.6 Å². The molecule has 2 nitrogen and oxygen atoms in total. The molecule has 110 valence electrons. The lowest BCUT2D eigenvalue weighted by molar-refractivity contribution is 0.535. The molecule has 2 heterocycles. The van der Waals surface area contributed by atoms with Crippen LogP contribution in [0.15, 0.2) is 35.0 Å². The molecule has 0 fully saturated rings. The summed E-state index contributed by atoms with van der Waals surface area (Å²) >= 11 is 8.11. The van der Waals surface area contributed by atoms with Crippen LogP contribution in [-0.2, 0) is 6.42 Å². The average Bonchev–Trinajstić information content (AvgIpc) is 3.04. The molecular formula is C17H19ClN2S. The molecule has 0 bridgehead atoms. The number of hydrogen-bond acceptors (Lipinski definition) is 2. The van der Waals surface area contributed by atoms with Gasteiger partial charge in [0.05, 0.1) is 16.4 Å². The van der Waals surface area contributed by atoms with E-state index in [2.05, 4.69) is 53.4 Å². The number of thiophene rings is 1. The number of halogens is 1. The minimum absolute atomic E-state index is 0.0948. The summed E-state index contributed by atoms with van der Waals surface area (Å²) in [4.78, 5) is 4.74. The number of hydrogen-bond donors (Lipinski definition) is 0. The van der Waals surface area contributed by atoms with Crippen LogP contribution in [0.25, 0.3) is 11.0 Å². The van der Waals surface area contributed by atoms with E-state index >= 15 is 0 Å². The molecule has 3 rings (SSSR count). The van der Waals surface area contributed by atoms with Gasteiger partial charge < -0.3 is 4.57 Å². The smallest absolute Gasteiger partial charge is 0.127 e. The van der Waals surface area contributed by atoms with Crippen molar-refractivity contribution in [1.29, 1.82) is 0 Å². The van der Waals surface area contributed by atoms with E-state index in [4.69, 9.17) is 16.6 Å². The second-order valence-corrected chi connectivity index (χ2v) is 7.07. The van der Waals surface area contributed by atoms with Crippen LogP contribution in [0, 0.1) is 6.92 Å². The fourth-order valence-corrected chi connectivity index (χ4v) is 3.64. The fraction of sp³-hybridized carbons (Fsp3) is 0.353. The molecule has 2 unspecified atom stereocenters. The lowest BCUT2D eigenvalue weighted by Crippen LogP contribution is -2.12. The third-order valence-corrected chi connectivity index (χ3v) is 4.71. The lowest BCUT2D eigenvalue weighted by atomic mass is 10.1. The maximum Gasteiger partial charge on any atom is 0.127 e. The van der Waals surface area contributed by atoms with Gasteiger partial charge in [0, 0.05) is 6.04 Å². The molecule has 4 heteroatoms. The van der Waals surface area contributed by atoms with Gasteiger partial charge in [-0.1, -0.05) is 6.07 Å². The first-order chi connectivity index (χ1) is 10.1. The van der Waals surface area contributed by atoms with Crippen molar-refractivity contribution >= 4 is 34.0 Å². The van der Waals surface area contributed by atoms with E-state index in [9.17, 15) is 0 Å². The summed E-state index contributed by atoms with van der Waals surface area (Å²) in [5, 5.41) is 4.25. The molecule has 2 atom stereocenters. The zero-order chi connectivity index (χ0) is 15.0. The first-order valence-corrected chi connectivity index (χ1v) is 8.58. The summed E-state index contributed by atoms with van der Waals surface area (Å²) in [6, 6.07) is 8.92. The molecule has 0 saturated heterocycles. The van der Waals surface area contributed by atoms with Crippen LogP contribution in [0.5, 0.6) is 0 Å². The maximum atomic E-state index is 6.36. The quantitative estimate of drug-likeness (QED) is 0.580. The Labute approximate surface area is 134 Å². The minimum atomic E-state index is -0.0948.